The lowest BCUT2D eigenvalue weighted by Gasteiger charge is -2.19. The molecule has 1 unspecified atom stereocenters. The molecule has 0 N–H and O–H groups in total. The Hall–Kier alpha value is -0.350. The molecule has 0 aliphatic carbocycles. The van der Waals surface area contributed by atoms with Crippen molar-refractivity contribution in [3.05, 3.63) is 34.9 Å². The highest BCUT2D eigenvalue weighted by Crippen LogP contribution is 2.33. The van der Waals surface area contributed by atoms with Gasteiger partial charge in [-0.15, -0.1) is 0 Å². The smallest absolute Gasteiger partial charge is 0.148 e. The van der Waals surface area contributed by atoms with E-state index in [2.05, 4.69) is 61.8 Å². The van der Waals surface area contributed by atoms with Gasteiger partial charge in [-0.1, -0.05) is 61.8 Å². The van der Waals surface area contributed by atoms with Crippen LogP contribution in [0.5, 0.6) is 0 Å². The molecule has 0 aromatic heterocycles. The van der Waals surface area contributed by atoms with Crippen LogP contribution in [-0.4, -0.2) is 20.4 Å². The normalized spacial score (nSPS) is 14.1. The molecule has 0 saturated carbocycles. The van der Waals surface area contributed by atoms with Gasteiger partial charge in [0.05, 0.1) is 10.6 Å². The first-order valence-corrected chi connectivity index (χ1v) is 9.55. The van der Waals surface area contributed by atoms with Crippen molar-refractivity contribution in [2.75, 3.05) is 12.0 Å². The molecule has 0 fully saturated rings. The Morgan fingerprint density at radius 2 is 1.63 bits per heavy atom. The van der Waals surface area contributed by atoms with Crippen LogP contribution in [0.1, 0.15) is 61.0 Å². The summed E-state index contributed by atoms with van der Waals surface area (Å²) in [7, 11) is -2.99. The Morgan fingerprint density at radius 1 is 1.05 bits per heavy atom. The first kappa shape index (κ1) is 16.7. The van der Waals surface area contributed by atoms with Crippen molar-refractivity contribution in [1.82, 2.24) is 0 Å². The van der Waals surface area contributed by atoms with Crippen LogP contribution in [0.3, 0.4) is 0 Å². The molecule has 0 aliphatic heterocycles. The van der Waals surface area contributed by atoms with E-state index in [9.17, 15) is 8.42 Å². The van der Waals surface area contributed by atoms with Gasteiger partial charge in [0.15, 0.2) is 0 Å². The largest absolute Gasteiger partial charge is 0.229 e. The monoisotopic (exact) mass is 346 g/mol. The van der Waals surface area contributed by atoms with Gasteiger partial charge in [0, 0.05) is 6.26 Å². The molecule has 0 bridgehead atoms. The number of hydrogen-bond donors (Lipinski definition) is 0. The van der Waals surface area contributed by atoms with Gasteiger partial charge in [-0.2, -0.15) is 0 Å². The molecule has 0 aliphatic rings. The second kappa shape index (κ2) is 6.40. The third kappa shape index (κ3) is 4.92. The summed E-state index contributed by atoms with van der Waals surface area (Å²) >= 11 is 3.52. The number of alkyl halides is 1. The molecule has 1 aromatic rings. The van der Waals surface area contributed by atoms with Gasteiger partial charge in [-0.3, -0.25) is 0 Å². The molecule has 1 rings (SSSR count). The topological polar surface area (TPSA) is 34.1 Å². The summed E-state index contributed by atoms with van der Waals surface area (Å²) in [6, 6.07) is 6.37. The molecular weight excluding hydrogens is 324 g/mol. The van der Waals surface area contributed by atoms with Crippen molar-refractivity contribution in [3.8, 4) is 0 Å². The van der Waals surface area contributed by atoms with Crippen molar-refractivity contribution in [2.45, 2.75) is 44.4 Å². The summed E-state index contributed by atoms with van der Waals surface area (Å²) in [6.07, 6.45) is 1.28. The van der Waals surface area contributed by atoms with Gasteiger partial charge in [-0.25, -0.2) is 8.42 Å². The van der Waals surface area contributed by atoms with Crippen LogP contribution in [0, 0.1) is 0 Å². The Balaban J connectivity index is 3.20. The molecule has 0 saturated heterocycles. The molecule has 1 atom stereocenters. The zero-order chi connectivity index (χ0) is 14.8. The summed E-state index contributed by atoms with van der Waals surface area (Å²) in [4.78, 5) is -0.138. The number of benzene rings is 1. The summed E-state index contributed by atoms with van der Waals surface area (Å²) in [6.45, 7) is 8.62. The minimum absolute atomic E-state index is 0.133. The van der Waals surface area contributed by atoms with E-state index in [-0.39, 0.29) is 10.6 Å². The molecule has 1 aromatic carbocycles. The molecule has 0 heterocycles. The Bertz CT molecular complexity index is 533. The molecule has 4 heteroatoms. The zero-order valence-corrected chi connectivity index (χ0v) is 14.7. The fourth-order valence-electron chi connectivity index (χ4n) is 2.09. The van der Waals surface area contributed by atoms with E-state index in [1.165, 1.54) is 17.4 Å². The van der Waals surface area contributed by atoms with Gasteiger partial charge < -0.3 is 0 Å². The highest BCUT2D eigenvalue weighted by molar-refractivity contribution is 9.09. The maximum atomic E-state index is 11.4. The predicted molar refractivity (Wildman–Crippen MR) is 86.0 cm³/mol. The third-order valence-corrected chi connectivity index (χ3v) is 5.37. The molecule has 0 spiro atoms. The van der Waals surface area contributed by atoms with E-state index in [1.54, 1.807) is 0 Å². The fraction of sp³-hybridized carbons (Fsp3) is 0.600. The quantitative estimate of drug-likeness (QED) is 0.739. The first-order chi connectivity index (χ1) is 8.61. The third-order valence-electron chi connectivity index (χ3n) is 3.19. The molecule has 19 heavy (non-hydrogen) atoms. The van der Waals surface area contributed by atoms with E-state index < -0.39 is 9.84 Å². The van der Waals surface area contributed by atoms with E-state index >= 15 is 0 Å². The number of hydrogen-bond acceptors (Lipinski definition) is 2. The molecule has 2 nitrogen and oxygen atoms in total. The van der Waals surface area contributed by atoms with Crippen LogP contribution in [0.25, 0.3) is 0 Å². The average Bonchev–Trinajstić information content (AvgIpc) is 2.25. The SMILES string of the molecule is CC(C)c1ccc(C(Br)CS(C)(=O)=O)c(C(C)C)c1. The van der Waals surface area contributed by atoms with Crippen molar-refractivity contribution < 1.29 is 8.42 Å². The summed E-state index contributed by atoms with van der Waals surface area (Å²) in [5.74, 6) is 0.997. The lowest BCUT2D eigenvalue weighted by atomic mass is 9.90. The second-order valence-corrected chi connectivity index (χ2v) is 9.05. The number of halogens is 1. The average molecular weight is 347 g/mol. The molecule has 0 radical (unpaired) electrons. The zero-order valence-electron chi connectivity index (χ0n) is 12.3. The van der Waals surface area contributed by atoms with E-state index in [4.69, 9.17) is 0 Å². The maximum Gasteiger partial charge on any atom is 0.148 e. The van der Waals surface area contributed by atoms with E-state index in [0.29, 0.717) is 11.8 Å². The summed E-state index contributed by atoms with van der Waals surface area (Å²) in [5, 5.41) is 0. The van der Waals surface area contributed by atoms with E-state index in [0.717, 1.165) is 5.56 Å². The predicted octanol–water partition coefficient (Wildman–Crippen LogP) is 4.41. The molecule has 0 amide bonds. The standard InChI is InChI=1S/C15H23BrO2S/c1-10(2)12-6-7-13(14(8-12)11(3)4)15(16)9-19(5,17)18/h6-8,10-11,15H,9H2,1-5H3. The minimum atomic E-state index is -2.99. The number of rotatable bonds is 5. The van der Waals surface area contributed by atoms with Crippen molar-refractivity contribution >= 4 is 25.8 Å². The van der Waals surface area contributed by atoms with Crippen LogP contribution in [-0.2, 0) is 9.84 Å². The maximum absolute atomic E-state index is 11.4. The fourth-order valence-corrected chi connectivity index (χ4v) is 4.66. The van der Waals surface area contributed by atoms with E-state index in [1.807, 2.05) is 0 Å². The Kier molecular flexibility index (Phi) is 5.63. The van der Waals surface area contributed by atoms with Crippen LogP contribution in [0.2, 0.25) is 0 Å². The second-order valence-electron chi connectivity index (χ2n) is 5.76. The number of sulfone groups is 1. The Morgan fingerprint density at radius 3 is 2.05 bits per heavy atom. The lowest BCUT2D eigenvalue weighted by molar-refractivity contribution is 0.600. The highest BCUT2D eigenvalue weighted by atomic mass is 79.9. The van der Waals surface area contributed by atoms with Crippen molar-refractivity contribution in [3.63, 3.8) is 0 Å². The first-order valence-electron chi connectivity index (χ1n) is 6.57. The molecular formula is C15H23BrO2S. The van der Waals surface area contributed by atoms with Gasteiger partial charge >= 0.3 is 0 Å². The lowest BCUT2D eigenvalue weighted by Crippen LogP contribution is -2.11. The van der Waals surface area contributed by atoms with Crippen molar-refractivity contribution in [1.29, 1.82) is 0 Å². The van der Waals surface area contributed by atoms with Gasteiger partial charge in [0.2, 0.25) is 0 Å². The summed E-state index contributed by atoms with van der Waals surface area (Å²) in [5.41, 5.74) is 3.62. The van der Waals surface area contributed by atoms with Crippen LogP contribution in [0.4, 0.5) is 0 Å². The minimum Gasteiger partial charge on any atom is -0.229 e. The van der Waals surface area contributed by atoms with Crippen LogP contribution >= 0.6 is 15.9 Å². The Labute approximate surface area is 125 Å². The molecule has 108 valence electrons. The van der Waals surface area contributed by atoms with Crippen molar-refractivity contribution in [2.24, 2.45) is 0 Å². The van der Waals surface area contributed by atoms with Crippen LogP contribution in [0.15, 0.2) is 18.2 Å². The summed E-state index contributed by atoms with van der Waals surface area (Å²) < 4.78 is 22.9. The highest BCUT2D eigenvalue weighted by Gasteiger charge is 2.19. The van der Waals surface area contributed by atoms with Crippen LogP contribution < -0.4 is 0 Å². The van der Waals surface area contributed by atoms with Gasteiger partial charge in [-0.05, 0) is 28.5 Å². The van der Waals surface area contributed by atoms with Gasteiger partial charge in [0.1, 0.15) is 9.84 Å². The van der Waals surface area contributed by atoms with Gasteiger partial charge in [0.25, 0.3) is 0 Å².